The van der Waals surface area contributed by atoms with E-state index in [1.165, 1.54) is 17.2 Å². The molecular weight excluding hydrogens is 458 g/mol. The molecular formula is C18H23N7O7S. The van der Waals surface area contributed by atoms with Crippen molar-refractivity contribution in [2.45, 2.75) is 43.7 Å². The number of likely N-dealkylation sites (tertiary alicyclic amines) is 1. The molecule has 2 heterocycles. The highest BCUT2D eigenvalue weighted by Gasteiger charge is 2.34. The minimum Gasteiger partial charge on any atom is -0.341 e. The molecule has 1 amide bonds. The van der Waals surface area contributed by atoms with E-state index in [1.807, 2.05) is 0 Å². The van der Waals surface area contributed by atoms with E-state index in [-0.39, 0.29) is 13.0 Å². The Morgan fingerprint density at radius 1 is 1.18 bits per heavy atom. The predicted molar refractivity (Wildman–Crippen MR) is 113 cm³/mol. The van der Waals surface area contributed by atoms with Crippen LogP contribution in [0, 0.1) is 26.1 Å². The Hall–Kier alpha value is -3.46. The monoisotopic (exact) mass is 481 g/mol. The SMILES string of the molecule is CC1CCN(C(=O)C(CCn2nccn2)NS(=O)(=O)c2ccc([N+](=O)[O-])cc2[N+](=O)[O-])CC1. The smallest absolute Gasteiger partial charge is 0.296 e. The van der Waals surface area contributed by atoms with Crippen molar-refractivity contribution in [3.63, 3.8) is 0 Å². The van der Waals surface area contributed by atoms with Gasteiger partial charge < -0.3 is 4.90 Å². The molecule has 1 atom stereocenters. The van der Waals surface area contributed by atoms with E-state index in [0.717, 1.165) is 25.0 Å². The van der Waals surface area contributed by atoms with Gasteiger partial charge in [0.2, 0.25) is 15.9 Å². The molecule has 0 spiro atoms. The number of rotatable bonds is 9. The summed E-state index contributed by atoms with van der Waals surface area (Å²) >= 11 is 0. The highest BCUT2D eigenvalue weighted by molar-refractivity contribution is 7.89. The second-order valence-corrected chi connectivity index (χ2v) is 9.44. The van der Waals surface area contributed by atoms with Crippen LogP contribution in [0.25, 0.3) is 0 Å². The number of carbonyl (C=O) groups excluding carboxylic acids is 1. The van der Waals surface area contributed by atoms with Gasteiger partial charge in [-0.1, -0.05) is 6.92 Å². The second kappa shape index (κ2) is 9.99. The van der Waals surface area contributed by atoms with Crippen LogP contribution in [0.3, 0.4) is 0 Å². The molecule has 0 aliphatic carbocycles. The molecule has 0 saturated carbocycles. The van der Waals surface area contributed by atoms with Crippen LogP contribution >= 0.6 is 0 Å². The van der Waals surface area contributed by atoms with E-state index in [4.69, 9.17) is 0 Å². The predicted octanol–water partition coefficient (Wildman–Crippen LogP) is 1.09. The summed E-state index contributed by atoms with van der Waals surface area (Å²) < 4.78 is 28.4. The van der Waals surface area contributed by atoms with Crippen molar-refractivity contribution in [3.8, 4) is 0 Å². The molecule has 1 unspecified atom stereocenters. The number of amides is 1. The quantitative estimate of drug-likeness (QED) is 0.404. The average molecular weight is 481 g/mol. The Balaban J connectivity index is 1.89. The summed E-state index contributed by atoms with van der Waals surface area (Å²) in [5, 5.41) is 30.2. The lowest BCUT2D eigenvalue weighted by Crippen LogP contribution is -2.51. The van der Waals surface area contributed by atoms with Crippen LogP contribution in [0.1, 0.15) is 26.2 Å². The summed E-state index contributed by atoms with van der Waals surface area (Å²) in [6.45, 7) is 3.13. The Kier molecular flexibility index (Phi) is 7.33. The van der Waals surface area contributed by atoms with Crippen LogP contribution in [0.4, 0.5) is 11.4 Å². The lowest BCUT2D eigenvalue weighted by molar-refractivity contribution is -0.396. The van der Waals surface area contributed by atoms with Gasteiger partial charge in [0.05, 0.1) is 34.9 Å². The van der Waals surface area contributed by atoms with Crippen molar-refractivity contribution in [1.29, 1.82) is 0 Å². The number of aryl methyl sites for hydroxylation is 1. The first-order chi connectivity index (χ1) is 15.6. The lowest BCUT2D eigenvalue weighted by atomic mass is 9.98. The molecule has 2 aromatic rings. The summed E-state index contributed by atoms with van der Waals surface area (Å²) in [6.07, 6.45) is 4.43. The fraction of sp³-hybridized carbons (Fsp3) is 0.500. The van der Waals surface area contributed by atoms with Crippen LogP contribution in [0.2, 0.25) is 0 Å². The van der Waals surface area contributed by atoms with Crippen molar-refractivity contribution < 1.29 is 23.1 Å². The van der Waals surface area contributed by atoms with Crippen LogP contribution in [-0.2, 0) is 21.4 Å². The molecule has 3 rings (SSSR count). The zero-order valence-electron chi connectivity index (χ0n) is 17.7. The molecule has 1 N–H and O–H groups in total. The van der Waals surface area contributed by atoms with Gasteiger partial charge in [-0.3, -0.25) is 25.0 Å². The van der Waals surface area contributed by atoms with Gasteiger partial charge in [0.1, 0.15) is 6.04 Å². The van der Waals surface area contributed by atoms with Crippen LogP contribution in [0.5, 0.6) is 0 Å². The fourth-order valence-electron chi connectivity index (χ4n) is 3.53. The van der Waals surface area contributed by atoms with Crippen LogP contribution in [-0.4, -0.2) is 63.2 Å². The summed E-state index contributed by atoms with van der Waals surface area (Å²) in [6, 6.07) is 0.991. The minimum atomic E-state index is -4.57. The third-order valence-electron chi connectivity index (χ3n) is 5.41. The molecule has 33 heavy (non-hydrogen) atoms. The summed E-state index contributed by atoms with van der Waals surface area (Å²) in [5.41, 5.74) is -1.58. The normalized spacial score (nSPS) is 15.8. The standard InChI is InChI=1S/C18H23N7O7S/c1-13-4-9-22(10-5-13)18(26)15(6-11-23-19-7-8-20-23)21-33(31,32)17-3-2-14(24(27)28)12-16(17)25(29)30/h2-3,7-8,12-13,15,21H,4-6,9-11H2,1H3. The number of hydrogen-bond acceptors (Lipinski definition) is 9. The molecule has 1 aromatic carbocycles. The maximum absolute atomic E-state index is 13.2. The first kappa shape index (κ1) is 24.2. The van der Waals surface area contributed by atoms with Gasteiger partial charge in [-0.05, 0) is 31.2 Å². The molecule has 1 fully saturated rings. The number of non-ortho nitro benzene ring substituents is 1. The first-order valence-corrected chi connectivity index (χ1v) is 11.6. The highest BCUT2D eigenvalue weighted by Crippen LogP contribution is 2.29. The number of nitrogens with zero attached hydrogens (tertiary/aromatic N) is 6. The number of carbonyl (C=O) groups is 1. The molecule has 0 bridgehead atoms. The maximum Gasteiger partial charge on any atom is 0.296 e. The number of benzene rings is 1. The van der Waals surface area contributed by atoms with Crippen molar-refractivity contribution >= 4 is 27.3 Å². The van der Waals surface area contributed by atoms with Gasteiger partial charge in [-0.25, -0.2) is 8.42 Å². The second-order valence-electron chi connectivity index (χ2n) is 7.76. The molecule has 178 valence electrons. The number of hydrogen-bond donors (Lipinski definition) is 1. The number of nitro benzene ring substituents is 2. The summed E-state index contributed by atoms with van der Waals surface area (Å²) in [7, 11) is -4.57. The largest absolute Gasteiger partial charge is 0.341 e. The zero-order chi connectivity index (χ0) is 24.2. The fourth-order valence-corrected chi connectivity index (χ4v) is 4.90. The summed E-state index contributed by atoms with van der Waals surface area (Å²) in [4.78, 5) is 35.7. The van der Waals surface area contributed by atoms with E-state index < -0.39 is 48.1 Å². The number of nitro groups is 2. The van der Waals surface area contributed by atoms with Gasteiger partial charge in [-0.2, -0.15) is 19.7 Å². The van der Waals surface area contributed by atoms with Crippen LogP contribution < -0.4 is 4.72 Å². The van der Waals surface area contributed by atoms with Crippen LogP contribution in [0.15, 0.2) is 35.5 Å². The van der Waals surface area contributed by atoms with Crippen molar-refractivity contribution in [1.82, 2.24) is 24.6 Å². The van der Waals surface area contributed by atoms with Gasteiger partial charge in [0.15, 0.2) is 4.90 Å². The topological polar surface area (TPSA) is 183 Å². The third-order valence-corrected chi connectivity index (χ3v) is 6.93. The van der Waals surface area contributed by atoms with Gasteiger partial charge in [-0.15, -0.1) is 0 Å². The molecule has 1 aromatic heterocycles. The zero-order valence-corrected chi connectivity index (χ0v) is 18.5. The maximum atomic E-state index is 13.2. The minimum absolute atomic E-state index is 0.000421. The average Bonchev–Trinajstić information content (AvgIpc) is 3.29. The van der Waals surface area contributed by atoms with E-state index >= 15 is 0 Å². The van der Waals surface area contributed by atoms with Crippen molar-refractivity contribution in [2.24, 2.45) is 5.92 Å². The molecule has 0 radical (unpaired) electrons. The van der Waals surface area contributed by atoms with E-state index in [2.05, 4.69) is 21.8 Å². The van der Waals surface area contributed by atoms with E-state index in [0.29, 0.717) is 25.1 Å². The number of nitrogens with one attached hydrogen (secondary N) is 1. The third kappa shape index (κ3) is 5.87. The van der Waals surface area contributed by atoms with Gasteiger partial charge in [0.25, 0.3) is 11.4 Å². The molecule has 1 aliphatic heterocycles. The Bertz CT molecular complexity index is 1130. The number of sulfonamides is 1. The first-order valence-electron chi connectivity index (χ1n) is 10.2. The summed E-state index contributed by atoms with van der Waals surface area (Å²) in [5.74, 6) is -0.0116. The Morgan fingerprint density at radius 3 is 2.39 bits per heavy atom. The molecule has 1 aliphatic rings. The van der Waals surface area contributed by atoms with E-state index in [1.54, 1.807) is 4.90 Å². The van der Waals surface area contributed by atoms with Crippen molar-refractivity contribution in [3.05, 3.63) is 50.8 Å². The Labute approximate surface area is 188 Å². The van der Waals surface area contributed by atoms with Crippen molar-refractivity contribution in [2.75, 3.05) is 13.1 Å². The lowest BCUT2D eigenvalue weighted by Gasteiger charge is -2.33. The highest BCUT2D eigenvalue weighted by atomic mass is 32.2. The number of aromatic nitrogens is 3. The van der Waals surface area contributed by atoms with E-state index in [9.17, 15) is 33.4 Å². The molecule has 15 heteroatoms. The number of piperidine rings is 1. The van der Waals surface area contributed by atoms with Gasteiger partial charge in [0, 0.05) is 19.2 Å². The molecule has 1 saturated heterocycles. The van der Waals surface area contributed by atoms with Gasteiger partial charge >= 0.3 is 0 Å². The Morgan fingerprint density at radius 2 is 1.82 bits per heavy atom. The molecule has 14 nitrogen and oxygen atoms in total.